The fraction of sp³-hybridized carbons (Fsp3) is 1.00. The molecule has 0 saturated heterocycles. The summed E-state index contributed by atoms with van der Waals surface area (Å²) in [4.78, 5) is 2.22. The molecule has 0 heterocycles. The van der Waals surface area contributed by atoms with E-state index in [-0.39, 0.29) is 0 Å². The summed E-state index contributed by atoms with van der Waals surface area (Å²) in [5.74, 6) is 0. The van der Waals surface area contributed by atoms with Crippen molar-refractivity contribution in [2.45, 2.75) is 26.2 Å². The van der Waals surface area contributed by atoms with Crippen molar-refractivity contribution < 1.29 is 0 Å². The average Bonchev–Trinajstić information content (AvgIpc) is 1.84. The van der Waals surface area contributed by atoms with E-state index in [0.29, 0.717) is 6.04 Å². The van der Waals surface area contributed by atoms with Crippen molar-refractivity contribution in [3.05, 3.63) is 0 Å². The Labute approximate surface area is 53.5 Å². The topological polar surface area (TPSA) is 3.24 Å². The summed E-state index contributed by atoms with van der Waals surface area (Å²) in [6, 6.07) is 0.528. The molecule has 8 heavy (non-hydrogen) atoms. The Balaban J connectivity index is 3.29. The van der Waals surface area contributed by atoms with Crippen molar-refractivity contribution in [3.8, 4) is 0 Å². The van der Waals surface area contributed by atoms with Crippen LogP contribution in [0.3, 0.4) is 0 Å². The molecule has 0 aromatic heterocycles. The second-order valence-electron chi connectivity index (χ2n) is 2.16. The quantitative estimate of drug-likeness (QED) is 0.489. The lowest BCUT2D eigenvalue weighted by molar-refractivity contribution is 0.289. The molecule has 0 saturated carbocycles. The smallest absolute Gasteiger partial charge is 0.0673 e. The molecule has 1 atom stereocenters. The summed E-state index contributed by atoms with van der Waals surface area (Å²) in [5, 5.41) is 0. The third kappa shape index (κ3) is 2.36. The Bertz CT molecular complexity index is 48.5. The van der Waals surface area contributed by atoms with Crippen LogP contribution in [0.15, 0.2) is 0 Å². The van der Waals surface area contributed by atoms with Gasteiger partial charge in [0.2, 0.25) is 0 Å². The molecule has 0 N–H and O–H groups in total. The van der Waals surface area contributed by atoms with Crippen LogP contribution in [-0.2, 0) is 0 Å². The van der Waals surface area contributed by atoms with Crippen LogP contribution >= 0.6 is 0 Å². The zero-order valence-electron chi connectivity index (χ0n) is 6.02. The fourth-order valence-electron chi connectivity index (χ4n) is 0.492. The minimum Gasteiger partial charge on any atom is -0.305 e. The van der Waals surface area contributed by atoms with Crippen LogP contribution in [-0.4, -0.2) is 32.4 Å². The molecule has 0 aliphatic rings. The third-order valence-electron chi connectivity index (χ3n) is 1.59. The minimum absolute atomic E-state index is 0.528. The van der Waals surface area contributed by atoms with Gasteiger partial charge in [-0.3, -0.25) is 0 Å². The Morgan fingerprint density at radius 3 is 2.25 bits per heavy atom. The first-order valence-corrected chi connectivity index (χ1v) is 3.12. The number of hydrogen-bond acceptors (Lipinski definition) is 1. The van der Waals surface area contributed by atoms with Gasteiger partial charge in [0, 0.05) is 0 Å². The number of nitrogens with zero attached hydrogens (tertiary/aromatic N) is 1. The van der Waals surface area contributed by atoms with Gasteiger partial charge in [-0.15, -0.1) is 0 Å². The van der Waals surface area contributed by atoms with Crippen molar-refractivity contribution in [2.75, 3.05) is 13.6 Å². The first-order valence-electron chi connectivity index (χ1n) is 3.12. The van der Waals surface area contributed by atoms with Crippen molar-refractivity contribution in [2.24, 2.45) is 0 Å². The molecule has 1 unspecified atom stereocenters. The molecule has 0 aliphatic heterocycles. The molecule has 0 aromatic carbocycles. The van der Waals surface area contributed by atoms with Crippen molar-refractivity contribution in [3.63, 3.8) is 0 Å². The summed E-state index contributed by atoms with van der Waals surface area (Å²) in [6.07, 6.45) is 0.754. The Morgan fingerprint density at radius 2 is 2.12 bits per heavy atom. The normalized spacial score (nSPS) is 14.5. The molecule has 0 aliphatic carbocycles. The van der Waals surface area contributed by atoms with Crippen LogP contribution in [0.25, 0.3) is 0 Å². The molecule has 0 rings (SSSR count). The molecule has 0 aromatic rings. The summed E-state index contributed by atoms with van der Waals surface area (Å²) in [7, 11) is 7.49. The van der Waals surface area contributed by atoms with E-state index in [4.69, 9.17) is 7.85 Å². The maximum Gasteiger partial charge on any atom is 0.0673 e. The van der Waals surface area contributed by atoms with Crippen molar-refractivity contribution in [1.29, 1.82) is 0 Å². The van der Waals surface area contributed by atoms with Crippen LogP contribution in [0.4, 0.5) is 0 Å². The lowest BCUT2D eigenvalue weighted by atomic mass is 9.98. The lowest BCUT2D eigenvalue weighted by Gasteiger charge is -2.20. The molecule has 46 valence electrons. The number of rotatable bonds is 3. The Morgan fingerprint density at radius 1 is 1.62 bits per heavy atom. The van der Waals surface area contributed by atoms with Gasteiger partial charge in [0.25, 0.3) is 0 Å². The van der Waals surface area contributed by atoms with Crippen LogP contribution < -0.4 is 0 Å². The summed E-state index contributed by atoms with van der Waals surface area (Å²) < 4.78 is 0. The minimum atomic E-state index is 0.528. The lowest BCUT2D eigenvalue weighted by Crippen LogP contribution is -2.27. The van der Waals surface area contributed by atoms with E-state index in [1.807, 2.05) is 0 Å². The first kappa shape index (κ1) is 8.02. The van der Waals surface area contributed by atoms with Gasteiger partial charge in [-0.1, -0.05) is 20.2 Å². The highest BCUT2D eigenvalue weighted by Crippen LogP contribution is 1.96. The van der Waals surface area contributed by atoms with E-state index in [0.717, 1.165) is 12.9 Å². The second-order valence-corrected chi connectivity index (χ2v) is 2.16. The van der Waals surface area contributed by atoms with E-state index in [1.54, 1.807) is 0 Å². The van der Waals surface area contributed by atoms with Gasteiger partial charge in [-0.2, -0.15) is 0 Å². The van der Waals surface area contributed by atoms with E-state index >= 15 is 0 Å². The van der Waals surface area contributed by atoms with Gasteiger partial charge in [-0.25, -0.2) is 0 Å². The molecule has 2 radical (unpaired) electrons. The van der Waals surface area contributed by atoms with Crippen LogP contribution in [0.2, 0.25) is 6.32 Å². The monoisotopic (exact) mass is 111 g/mol. The molecular weight excluding hydrogens is 96.9 g/mol. The maximum atomic E-state index is 5.41. The van der Waals surface area contributed by atoms with Crippen LogP contribution in [0, 0.1) is 0 Å². The van der Waals surface area contributed by atoms with Gasteiger partial charge in [0.05, 0.1) is 7.85 Å². The van der Waals surface area contributed by atoms with E-state index in [9.17, 15) is 0 Å². The van der Waals surface area contributed by atoms with Gasteiger partial charge in [0.15, 0.2) is 0 Å². The summed E-state index contributed by atoms with van der Waals surface area (Å²) >= 11 is 0. The zero-order chi connectivity index (χ0) is 6.57. The second kappa shape index (κ2) is 3.96. The Kier molecular flexibility index (Phi) is 3.97. The molecule has 0 fully saturated rings. The van der Waals surface area contributed by atoms with E-state index in [1.165, 1.54) is 0 Å². The van der Waals surface area contributed by atoms with Gasteiger partial charge in [-0.05, 0) is 19.6 Å². The van der Waals surface area contributed by atoms with Crippen LogP contribution in [0.1, 0.15) is 13.8 Å². The average molecular weight is 111 g/mol. The van der Waals surface area contributed by atoms with E-state index in [2.05, 4.69) is 25.8 Å². The predicted octanol–water partition coefficient (Wildman–Crippen LogP) is 0.913. The highest BCUT2D eigenvalue weighted by Gasteiger charge is 2.00. The SMILES string of the molecule is [B]CC(C)N(C)CC. The zero-order valence-corrected chi connectivity index (χ0v) is 6.02. The standard InChI is InChI=1S/C6H14BN/c1-4-8(3)6(2)5-7/h6H,4-5H2,1-3H3. The van der Waals surface area contributed by atoms with Gasteiger partial charge < -0.3 is 4.90 Å². The fourth-order valence-corrected chi connectivity index (χ4v) is 0.492. The third-order valence-corrected chi connectivity index (χ3v) is 1.59. The van der Waals surface area contributed by atoms with Gasteiger partial charge in [0.1, 0.15) is 0 Å². The molecule has 0 spiro atoms. The van der Waals surface area contributed by atoms with Gasteiger partial charge >= 0.3 is 0 Å². The summed E-state index contributed by atoms with van der Waals surface area (Å²) in [5.41, 5.74) is 0. The molecule has 1 nitrogen and oxygen atoms in total. The number of hydrogen-bond donors (Lipinski definition) is 0. The maximum absolute atomic E-state index is 5.41. The predicted molar refractivity (Wildman–Crippen MR) is 38.3 cm³/mol. The highest BCUT2D eigenvalue weighted by atomic mass is 15.1. The van der Waals surface area contributed by atoms with E-state index < -0.39 is 0 Å². The molecule has 0 bridgehead atoms. The first-order chi connectivity index (χ1) is 3.72. The Hall–Kier alpha value is 0.0249. The molecule has 2 heteroatoms. The van der Waals surface area contributed by atoms with Crippen LogP contribution in [0.5, 0.6) is 0 Å². The van der Waals surface area contributed by atoms with Crippen molar-refractivity contribution in [1.82, 2.24) is 4.90 Å². The summed E-state index contributed by atoms with van der Waals surface area (Å²) in [6.45, 7) is 5.34. The largest absolute Gasteiger partial charge is 0.305 e. The highest BCUT2D eigenvalue weighted by molar-refractivity contribution is 6.08. The molecular formula is C6H14BN. The molecule has 0 amide bonds. The van der Waals surface area contributed by atoms with Crippen molar-refractivity contribution >= 4 is 7.85 Å².